The van der Waals surface area contributed by atoms with Gasteiger partial charge < -0.3 is 10.1 Å². The molecule has 1 aromatic carbocycles. The molecule has 1 N–H and O–H groups in total. The molecule has 0 aliphatic rings. The van der Waals surface area contributed by atoms with Crippen LogP contribution in [0.3, 0.4) is 0 Å². The highest BCUT2D eigenvalue weighted by molar-refractivity contribution is 5.32. The van der Waals surface area contributed by atoms with Crippen molar-refractivity contribution in [3.63, 3.8) is 0 Å². The van der Waals surface area contributed by atoms with Crippen LogP contribution in [0.4, 0.5) is 0 Å². The lowest BCUT2D eigenvalue weighted by Gasteiger charge is -2.16. The molecule has 1 atom stereocenters. The molecule has 0 fully saturated rings. The molecular weight excluding hydrogens is 226 g/mol. The molecule has 0 saturated carbocycles. The summed E-state index contributed by atoms with van der Waals surface area (Å²) in [6.07, 6.45) is 3.31. The number of nitrogens with zero attached hydrogens (tertiary/aromatic N) is 2. The first-order valence-corrected chi connectivity index (χ1v) is 6.01. The van der Waals surface area contributed by atoms with E-state index in [2.05, 4.69) is 15.3 Å². The molecule has 0 aliphatic carbocycles. The van der Waals surface area contributed by atoms with Gasteiger partial charge in [0, 0.05) is 6.20 Å². The van der Waals surface area contributed by atoms with E-state index in [1.54, 1.807) is 12.5 Å². The first kappa shape index (κ1) is 12.5. The smallest absolute Gasteiger partial charge is 0.119 e. The van der Waals surface area contributed by atoms with Gasteiger partial charge in [0.2, 0.25) is 0 Å². The van der Waals surface area contributed by atoms with Crippen molar-refractivity contribution < 1.29 is 4.74 Å². The zero-order chi connectivity index (χ0) is 12.8. The van der Waals surface area contributed by atoms with Crippen LogP contribution in [0.15, 0.2) is 42.9 Å². The van der Waals surface area contributed by atoms with Gasteiger partial charge in [0.1, 0.15) is 12.1 Å². The highest BCUT2D eigenvalue weighted by Gasteiger charge is 2.12. The van der Waals surface area contributed by atoms with Crippen LogP contribution in [0, 0.1) is 0 Å². The maximum absolute atomic E-state index is 5.43. The highest BCUT2D eigenvalue weighted by atomic mass is 16.5. The van der Waals surface area contributed by atoms with E-state index in [4.69, 9.17) is 4.74 Å². The summed E-state index contributed by atoms with van der Waals surface area (Å²) in [4.78, 5) is 8.22. The van der Waals surface area contributed by atoms with Crippen molar-refractivity contribution in [2.24, 2.45) is 0 Å². The van der Waals surface area contributed by atoms with Gasteiger partial charge in [-0.25, -0.2) is 9.97 Å². The summed E-state index contributed by atoms with van der Waals surface area (Å²) >= 11 is 0. The third-order valence-electron chi connectivity index (χ3n) is 2.71. The minimum Gasteiger partial charge on any atom is -0.494 e. The van der Waals surface area contributed by atoms with Crippen LogP contribution in [0.2, 0.25) is 0 Å². The van der Waals surface area contributed by atoms with Crippen molar-refractivity contribution in [1.82, 2.24) is 15.3 Å². The second-order valence-corrected chi connectivity index (χ2v) is 3.86. The Labute approximate surface area is 107 Å². The van der Waals surface area contributed by atoms with Crippen LogP contribution in [-0.4, -0.2) is 23.6 Å². The van der Waals surface area contributed by atoms with Crippen LogP contribution < -0.4 is 10.1 Å². The van der Waals surface area contributed by atoms with Crippen molar-refractivity contribution in [2.75, 3.05) is 13.7 Å². The Morgan fingerprint density at radius 3 is 2.56 bits per heavy atom. The molecular formula is C14H17N3O. The second-order valence-electron chi connectivity index (χ2n) is 3.86. The van der Waals surface area contributed by atoms with Crippen molar-refractivity contribution in [3.05, 3.63) is 54.1 Å². The molecule has 2 rings (SSSR count). The van der Waals surface area contributed by atoms with Crippen LogP contribution in [0.5, 0.6) is 5.75 Å². The van der Waals surface area contributed by atoms with Gasteiger partial charge in [-0.15, -0.1) is 0 Å². The van der Waals surface area contributed by atoms with Gasteiger partial charge in [0.25, 0.3) is 0 Å². The van der Waals surface area contributed by atoms with Gasteiger partial charge >= 0.3 is 0 Å². The third-order valence-corrected chi connectivity index (χ3v) is 2.71. The van der Waals surface area contributed by atoms with E-state index in [-0.39, 0.29) is 6.04 Å². The van der Waals surface area contributed by atoms with Crippen molar-refractivity contribution in [3.8, 4) is 5.75 Å². The zero-order valence-corrected chi connectivity index (χ0v) is 10.6. The average Bonchev–Trinajstić information content (AvgIpc) is 2.43. The fourth-order valence-electron chi connectivity index (χ4n) is 1.88. The Balaban J connectivity index is 2.23. The molecule has 0 saturated heterocycles. The van der Waals surface area contributed by atoms with E-state index in [1.807, 2.05) is 44.3 Å². The summed E-state index contributed by atoms with van der Waals surface area (Å²) in [6.45, 7) is 2.66. The fraction of sp³-hybridized carbons (Fsp3) is 0.286. The lowest BCUT2D eigenvalue weighted by atomic mass is 10.0. The zero-order valence-electron chi connectivity index (χ0n) is 10.6. The average molecular weight is 243 g/mol. The number of hydrogen-bond acceptors (Lipinski definition) is 4. The first-order valence-electron chi connectivity index (χ1n) is 6.01. The van der Waals surface area contributed by atoms with E-state index in [0.717, 1.165) is 17.0 Å². The van der Waals surface area contributed by atoms with Gasteiger partial charge in [-0.1, -0.05) is 12.1 Å². The number of ether oxygens (including phenoxy) is 1. The van der Waals surface area contributed by atoms with Gasteiger partial charge in [0.15, 0.2) is 0 Å². The number of nitrogens with one attached hydrogen (secondary N) is 1. The summed E-state index contributed by atoms with van der Waals surface area (Å²) in [7, 11) is 1.92. The molecule has 0 bridgehead atoms. The van der Waals surface area contributed by atoms with E-state index >= 15 is 0 Å². The molecule has 0 radical (unpaired) electrons. The van der Waals surface area contributed by atoms with Crippen molar-refractivity contribution >= 4 is 0 Å². The summed E-state index contributed by atoms with van der Waals surface area (Å²) in [5.74, 6) is 0.888. The molecule has 2 aromatic rings. The fourth-order valence-corrected chi connectivity index (χ4v) is 1.88. The predicted molar refractivity (Wildman–Crippen MR) is 70.5 cm³/mol. The van der Waals surface area contributed by atoms with Crippen molar-refractivity contribution in [2.45, 2.75) is 13.0 Å². The topological polar surface area (TPSA) is 47.0 Å². The SMILES string of the molecule is CCOc1ccc(C(NC)c2ccncn2)cc1. The van der Waals surface area contributed by atoms with Crippen LogP contribution in [0.1, 0.15) is 24.2 Å². The van der Waals surface area contributed by atoms with Gasteiger partial charge in [-0.2, -0.15) is 0 Å². The van der Waals surface area contributed by atoms with Crippen molar-refractivity contribution in [1.29, 1.82) is 0 Å². The molecule has 0 spiro atoms. The lowest BCUT2D eigenvalue weighted by Crippen LogP contribution is -2.18. The molecule has 1 heterocycles. The molecule has 4 heteroatoms. The number of benzene rings is 1. The standard InChI is InChI=1S/C14H17N3O/c1-3-18-12-6-4-11(5-7-12)14(15-2)13-8-9-16-10-17-13/h4-10,14-15H,3H2,1-2H3. The lowest BCUT2D eigenvalue weighted by molar-refractivity contribution is 0.340. The summed E-state index contributed by atoms with van der Waals surface area (Å²) in [5.41, 5.74) is 2.11. The molecule has 94 valence electrons. The van der Waals surface area contributed by atoms with Gasteiger partial charge in [0.05, 0.1) is 18.3 Å². The Hall–Kier alpha value is -1.94. The minimum atomic E-state index is 0.0728. The number of aromatic nitrogens is 2. The Kier molecular flexibility index (Phi) is 4.25. The molecule has 1 unspecified atom stereocenters. The van der Waals surface area contributed by atoms with Gasteiger partial charge in [-0.3, -0.25) is 0 Å². The molecule has 0 aliphatic heterocycles. The highest BCUT2D eigenvalue weighted by Crippen LogP contribution is 2.22. The van der Waals surface area contributed by atoms with E-state index in [9.17, 15) is 0 Å². The monoisotopic (exact) mass is 243 g/mol. The second kappa shape index (κ2) is 6.12. The summed E-state index contributed by atoms with van der Waals surface area (Å²) in [6, 6.07) is 10.0. The van der Waals surface area contributed by atoms with Crippen LogP contribution in [0.25, 0.3) is 0 Å². The maximum Gasteiger partial charge on any atom is 0.119 e. The molecule has 1 aromatic heterocycles. The first-order chi connectivity index (χ1) is 8.85. The number of rotatable bonds is 5. The Bertz CT molecular complexity index is 470. The van der Waals surface area contributed by atoms with E-state index in [0.29, 0.717) is 6.61 Å². The summed E-state index contributed by atoms with van der Waals surface area (Å²) < 4.78 is 5.43. The largest absolute Gasteiger partial charge is 0.494 e. The molecule has 18 heavy (non-hydrogen) atoms. The predicted octanol–water partition coefficient (Wildman–Crippen LogP) is 2.18. The minimum absolute atomic E-state index is 0.0728. The quantitative estimate of drug-likeness (QED) is 0.874. The molecule has 0 amide bonds. The van der Waals surface area contributed by atoms with E-state index < -0.39 is 0 Å². The maximum atomic E-state index is 5.43. The Morgan fingerprint density at radius 2 is 2.00 bits per heavy atom. The van der Waals surface area contributed by atoms with E-state index in [1.165, 1.54) is 0 Å². The normalized spacial score (nSPS) is 12.1. The van der Waals surface area contributed by atoms with Crippen LogP contribution >= 0.6 is 0 Å². The Morgan fingerprint density at radius 1 is 1.22 bits per heavy atom. The molecule has 4 nitrogen and oxygen atoms in total. The van der Waals surface area contributed by atoms with Crippen LogP contribution in [-0.2, 0) is 0 Å². The van der Waals surface area contributed by atoms with Gasteiger partial charge in [-0.05, 0) is 37.7 Å². The third kappa shape index (κ3) is 2.84. The summed E-state index contributed by atoms with van der Waals surface area (Å²) in [5, 5.41) is 3.26. The number of hydrogen-bond donors (Lipinski definition) is 1.